The van der Waals surface area contributed by atoms with Gasteiger partial charge in [0.2, 0.25) is 5.91 Å². The lowest BCUT2D eigenvalue weighted by Crippen LogP contribution is -2.48. The van der Waals surface area contributed by atoms with Crippen molar-refractivity contribution in [2.45, 2.75) is 64.4 Å². The molecular formula is C15H27NO4. The molecule has 1 unspecified atom stereocenters. The van der Waals surface area contributed by atoms with E-state index < -0.39 is 12.1 Å². The molecule has 0 aromatic carbocycles. The molecule has 1 N–H and O–H groups in total. The third-order valence-corrected chi connectivity index (χ3v) is 3.69. The molecular weight excluding hydrogens is 258 g/mol. The summed E-state index contributed by atoms with van der Waals surface area (Å²) in [6.45, 7) is 3.22. The molecule has 1 heterocycles. The number of unbranched alkanes of at least 4 members (excludes halogenated alkanes) is 6. The molecule has 0 aromatic heterocycles. The Morgan fingerprint density at radius 1 is 1.15 bits per heavy atom. The van der Waals surface area contributed by atoms with Crippen molar-refractivity contribution in [1.82, 2.24) is 4.90 Å². The SMILES string of the molecule is CCCCCCCCCC(=O)N1CCOC(C(=O)O)C1. The van der Waals surface area contributed by atoms with Gasteiger partial charge < -0.3 is 14.7 Å². The Kier molecular flexibility index (Phi) is 8.26. The van der Waals surface area contributed by atoms with Crippen molar-refractivity contribution in [3.63, 3.8) is 0 Å². The van der Waals surface area contributed by atoms with Crippen LogP contribution in [0.2, 0.25) is 0 Å². The minimum atomic E-state index is -0.988. The standard InChI is InChI=1S/C15H27NO4/c1-2-3-4-5-6-7-8-9-14(17)16-10-11-20-13(12-16)15(18)19/h13H,2-12H2,1H3,(H,18,19). The summed E-state index contributed by atoms with van der Waals surface area (Å²) in [6.07, 6.45) is 7.93. The summed E-state index contributed by atoms with van der Waals surface area (Å²) >= 11 is 0. The predicted molar refractivity (Wildman–Crippen MR) is 76.6 cm³/mol. The molecule has 1 saturated heterocycles. The number of aliphatic carboxylic acids is 1. The van der Waals surface area contributed by atoms with Crippen LogP contribution < -0.4 is 0 Å². The van der Waals surface area contributed by atoms with Crippen molar-refractivity contribution in [2.24, 2.45) is 0 Å². The Labute approximate surface area is 121 Å². The Bertz CT molecular complexity index is 306. The molecule has 0 bridgehead atoms. The number of morpholine rings is 1. The lowest BCUT2D eigenvalue weighted by Gasteiger charge is -2.30. The van der Waals surface area contributed by atoms with E-state index in [1.54, 1.807) is 4.90 Å². The molecule has 1 rings (SSSR count). The lowest BCUT2D eigenvalue weighted by atomic mass is 10.1. The maximum atomic E-state index is 12.0. The number of carboxylic acid groups (broad SMARTS) is 1. The van der Waals surface area contributed by atoms with Gasteiger partial charge in [-0.1, -0.05) is 45.4 Å². The number of carboxylic acids is 1. The van der Waals surface area contributed by atoms with E-state index in [9.17, 15) is 9.59 Å². The van der Waals surface area contributed by atoms with E-state index in [1.807, 2.05) is 0 Å². The molecule has 0 saturated carbocycles. The fourth-order valence-electron chi connectivity index (χ4n) is 2.42. The average Bonchev–Trinajstić information content (AvgIpc) is 2.46. The normalized spacial score (nSPS) is 19.1. The molecule has 5 nitrogen and oxygen atoms in total. The smallest absolute Gasteiger partial charge is 0.334 e. The summed E-state index contributed by atoms with van der Waals surface area (Å²) in [5, 5.41) is 8.89. The third-order valence-electron chi connectivity index (χ3n) is 3.69. The van der Waals surface area contributed by atoms with Crippen LogP contribution in [0, 0.1) is 0 Å². The summed E-state index contributed by atoms with van der Waals surface area (Å²) in [7, 11) is 0. The number of nitrogens with zero attached hydrogens (tertiary/aromatic N) is 1. The van der Waals surface area contributed by atoms with Gasteiger partial charge >= 0.3 is 5.97 Å². The molecule has 0 spiro atoms. The summed E-state index contributed by atoms with van der Waals surface area (Å²) < 4.78 is 5.11. The highest BCUT2D eigenvalue weighted by Gasteiger charge is 2.28. The van der Waals surface area contributed by atoms with Crippen molar-refractivity contribution >= 4 is 11.9 Å². The zero-order chi connectivity index (χ0) is 14.8. The van der Waals surface area contributed by atoms with E-state index in [2.05, 4.69) is 6.92 Å². The van der Waals surface area contributed by atoms with E-state index in [0.717, 1.165) is 12.8 Å². The second kappa shape index (κ2) is 9.75. The number of carbonyl (C=O) groups excluding carboxylic acids is 1. The summed E-state index contributed by atoms with van der Waals surface area (Å²) in [5.41, 5.74) is 0. The van der Waals surface area contributed by atoms with Crippen molar-refractivity contribution in [1.29, 1.82) is 0 Å². The molecule has 1 aliphatic heterocycles. The molecule has 0 aromatic rings. The van der Waals surface area contributed by atoms with Gasteiger partial charge in [-0.05, 0) is 6.42 Å². The zero-order valence-corrected chi connectivity index (χ0v) is 12.5. The molecule has 1 amide bonds. The minimum absolute atomic E-state index is 0.0631. The first-order valence-electron chi connectivity index (χ1n) is 7.77. The minimum Gasteiger partial charge on any atom is -0.479 e. The molecule has 1 fully saturated rings. The van der Waals surface area contributed by atoms with E-state index in [1.165, 1.54) is 32.1 Å². The van der Waals surface area contributed by atoms with Crippen LogP contribution in [0.5, 0.6) is 0 Å². The number of ether oxygens (including phenoxy) is 1. The van der Waals surface area contributed by atoms with E-state index in [4.69, 9.17) is 9.84 Å². The van der Waals surface area contributed by atoms with Gasteiger partial charge in [0.25, 0.3) is 0 Å². The number of hydrogen-bond donors (Lipinski definition) is 1. The molecule has 1 aliphatic rings. The maximum absolute atomic E-state index is 12.0. The maximum Gasteiger partial charge on any atom is 0.334 e. The second-order valence-electron chi connectivity index (χ2n) is 5.41. The largest absolute Gasteiger partial charge is 0.479 e. The van der Waals surface area contributed by atoms with Crippen molar-refractivity contribution in [3.05, 3.63) is 0 Å². The first-order chi connectivity index (χ1) is 9.65. The second-order valence-corrected chi connectivity index (χ2v) is 5.41. The molecule has 1 atom stereocenters. The Morgan fingerprint density at radius 2 is 1.80 bits per heavy atom. The number of carbonyl (C=O) groups is 2. The van der Waals surface area contributed by atoms with Crippen LogP contribution in [0.25, 0.3) is 0 Å². The van der Waals surface area contributed by atoms with Crippen LogP contribution in [0.4, 0.5) is 0 Å². The monoisotopic (exact) mass is 285 g/mol. The van der Waals surface area contributed by atoms with Crippen LogP contribution in [-0.4, -0.2) is 47.7 Å². The van der Waals surface area contributed by atoms with Gasteiger partial charge in [-0.25, -0.2) is 4.79 Å². The lowest BCUT2D eigenvalue weighted by molar-refractivity contribution is -0.159. The quantitative estimate of drug-likeness (QED) is 0.661. The van der Waals surface area contributed by atoms with Crippen LogP contribution in [0.3, 0.4) is 0 Å². The Morgan fingerprint density at radius 3 is 2.45 bits per heavy atom. The highest BCUT2D eigenvalue weighted by atomic mass is 16.5. The summed E-state index contributed by atoms with van der Waals surface area (Å²) in [4.78, 5) is 24.4. The Balaban J connectivity index is 2.11. The summed E-state index contributed by atoms with van der Waals surface area (Å²) in [5.74, 6) is -0.925. The van der Waals surface area contributed by atoms with Crippen molar-refractivity contribution in [3.8, 4) is 0 Å². The van der Waals surface area contributed by atoms with Gasteiger partial charge in [-0.2, -0.15) is 0 Å². The third kappa shape index (κ3) is 6.37. The first-order valence-corrected chi connectivity index (χ1v) is 7.77. The molecule has 0 aliphatic carbocycles. The molecule has 0 radical (unpaired) electrons. The van der Waals surface area contributed by atoms with Gasteiger partial charge in [0, 0.05) is 13.0 Å². The van der Waals surface area contributed by atoms with E-state index in [0.29, 0.717) is 19.6 Å². The van der Waals surface area contributed by atoms with Crippen LogP contribution in [0.15, 0.2) is 0 Å². The van der Waals surface area contributed by atoms with E-state index in [-0.39, 0.29) is 12.5 Å². The molecule has 116 valence electrons. The van der Waals surface area contributed by atoms with Gasteiger partial charge in [0.1, 0.15) is 0 Å². The van der Waals surface area contributed by atoms with Crippen molar-refractivity contribution < 1.29 is 19.4 Å². The van der Waals surface area contributed by atoms with Crippen LogP contribution in [0.1, 0.15) is 58.3 Å². The number of hydrogen-bond acceptors (Lipinski definition) is 3. The van der Waals surface area contributed by atoms with Gasteiger partial charge in [-0.15, -0.1) is 0 Å². The number of rotatable bonds is 9. The summed E-state index contributed by atoms with van der Waals surface area (Å²) in [6, 6.07) is 0. The topological polar surface area (TPSA) is 66.8 Å². The number of amides is 1. The highest BCUT2D eigenvalue weighted by molar-refractivity contribution is 5.78. The fraction of sp³-hybridized carbons (Fsp3) is 0.867. The van der Waals surface area contributed by atoms with Gasteiger partial charge in [0.05, 0.1) is 13.2 Å². The molecule has 5 heteroatoms. The molecule has 20 heavy (non-hydrogen) atoms. The van der Waals surface area contributed by atoms with Crippen LogP contribution >= 0.6 is 0 Å². The van der Waals surface area contributed by atoms with E-state index >= 15 is 0 Å². The predicted octanol–water partition coefficient (Wildman–Crippen LogP) is 2.44. The zero-order valence-electron chi connectivity index (χ0n) is 12.5. The Hall–Kier alpha value is -1.10. The van der Waals surface area contributed by atoms with Gasteiger partial charge in [-0.3, -0.25) is 4.79 Å². The fourth-order valence-corrected chi connectivity index (χ4v) is 2.42. The van der Waals surface area contributed by atoms with Crippen molar-refractivity contribution in [2.75, 3.05) is 19.7 Å². The average molecular weight is 285 g/mol. The highest BCUT2D eigenvalue weighted by Crippen LogP contribution is 2.12. The van der Waals surface area contributed by atoms with Gasteiger partial charge in [0.15, 0.2) is 6.10 Å². The first kappa shape index (κ1) is 17.0. The van der Waals surface area contributed by atoms with Crippen LogP contribution in [-0.2, 0) is 14.3 Å².